The first-order chi connectivity index (χ1) is 9.11. The standard InChI is InChI=1S/C15H26N2O2/c1-12(2)19-15-10-13(16)9-14(11-15)17-7-5-4-6-8-18-3/h9-12,17H,4-8,16H2,1-3H3. The number of nitrogens with one attached hydrogen (secondary N) is 1. The van der Waals surface area contributed by atoms with E-state index in [2.05, 4.69) is 5.32 Å². The minimum Gasteiger partial charge on any atom is -0.491 e. The fraction of sp³-hybridized carbons (Fsp3) is 0.600. The summed E-state index contributed by atoms with van der Waals surface area (Å²) in [6.45, 7) is 5.79. The van der Waals surface area contributed by atoms with Crippen molar-refractivity contribution in [1.82, 2.24) is 0 Å². The van der Waals surface area contributed by atoms with Crippen molar-refractivity contribution in [1.29, 1.82) is 0 Å². The minimum atomic E-state index is 0.156. The second-order valence-electron chi connectivity index (χ2n) is 4.94. The average molecular weight is 266 g/mol. The lowest BCUT2D eigenvalue weighted by Crippen LogP contribution is -2.07. The van der Waals surface area contributed by atoms with Gasteiger partial charge in [-0.3, -0.25) is 0 Å². The number of unbranched alkanes of at least 4 members (excludes halogenated alkanes) is 2. The molecule has 0 aliphatic heterocycles. The summed E-state index contributed by atoms with van der Waals surface area (Å²) in [4.78, 5) is 0. The van der Waals surface area contributed by atoms with Crippen LogP contribution in [-0.4, -0.2) is 26.4 Å². The highest BCUT2D eigenvalue weighted by Gasteiger charge is 2.02. The third-order valence-electron chi connectivity index (χ3n) is 2.66. The van der Waals surface area contributed by atoms with E-state index in [-0.39, 0.29) is 6.10 Å². The van der Waals surface area contributed by atoms with Crippen molar-refractivity contribution in [3.63, 3.8) is 0 Å². The molecule has 0 heterocycles. The summed E-state index contributed by atoms with van der Waals surface area (Å²) >= 11 is 0. The molecule has 0 radical (unpaired) electrons. The Morgan fingerprint density at radius 2 is 1.95 bits per heavy atom. The fourth-order valence-electron chi connectivity index (χ4n) is 1.85. The Hall–Kier alpha value is -1.42. The lowest BCUT2D eigenvalue weighted by Gasteiger charge is -2.13. The van der Waals surface area contributed by atoms with Crippen LogP contribution in [0, 0.1) is 0 Å². The van der Waals surface area contributed by atoms with Crippen molar-refractivity contribution >= 4 is 11.4 Å². The molecule has 0 bridgehead atoms. The SMILES string of the molecule is COCCCCCNc1cc(N)cc(OC(C)C)c1. The van der Waals surface area contributed by atoms with Crippen molar-refractivity contribution in [3.8, 4) is 5.75 Å². The zero-order valence-electron chi connectivity index (χ0n) is 12.2. The number of hydrogen-bond acceptors (Lipinski definition) is 4. The van der Waals surface area contributed by atoms with E-state index in [9.17, 15) is 0 Å². The Labute approximate surface area is 116 Å². The molecule has 0 spiro atoms. The van der Waals surface area contributed by atoms with Crippen LogP contribution in [-0.2, 0) is 4.74 Å². The van der Waals surface area contributed by atoms with Crippen molar-refractivity contribution in [2.45, 2.75) is 39.2 Å². The van der Waals surface area contributed by atoms with Gasteiger partial charge in [-0.05, 0) is 39.2 Å². The van der Waals surface area contributed by atoms with E-state index in [1.807, 2.05) is 32.0 Å². The van der Waals surface area contributed by atoms with Crippen molar-refractivity contribution in [3.05, 3.63) is 18.2 Å². The van der Waals surface area contributed by atoms with Gasteiger partial charge in [-0.2, -0.15) is 0 Å². The predicted octanol–water partition coefficient (Wildman–Crippen LogP) is 3.28. The van der Waals surface area contributed by atoms with Crippen LogP contribution >= 0.6 is 0 Å². The third kappa shape index (κ3) is 6.91. The van der Waals surface area contributed by atoms with E-state index < -0.39 is 0 Å². The predicted molar refractivity (Wildman–Crippen MR) is 80.8 cm³/mol. The molecule has 0 aliphatic rings. The number of nitrogens with two attached hydrogens (primary N) is 1. The molecule has 0 saturated carbocycles. The van der Waals surface area contributed by atoms with Gasteiger partial charge in [-0.25, -0.2) is 0 Å². The van der Waals surface area contributed by atoms with Crippen molar-refractivity contribution in [2.24, 2.45) is 0 Å². The zero-order valence-corrected chi connectivity index (χ0v) is 12.2. The molecule has 0 fully saturated rings. The Morgan fingerprint density at radius 1 is 1.16 bits per heavy atom. The first-order valence-corrected chi connectivity index (χ1v) is 6.92. The van der Waals surface area contributed by atoms with Crippen LogP contribution in [0.4, 0.5) is 11.4 Å². The molecule has 1 rings (SSSR count). The summed E-state index contributed by atoms with van der Waals surface area (Å²) < 4.78 is 10.7. The highest BCUT2D eigenvalue weighted by atomic mass is 16.5. The van der Waals surface area contributed by atoms with Gasteiger partial charge in [0.2, 0.25) is 0 Å². The van der Waals surface area contributed by atoms with Gasteiger partial charge in [0.25, 0.3) is 0 Å². The molecule has 0 unspecified atom stereocenters. The monoisotopic (exact) mass is 266 g/mol. The summed E-state index contributed by atoms with van der Waals surface area (Å²) in [6, 6.07) is 5.78. The van der Waals surface area contributed by atoms with Gasteiger partial charge >= 0.3 is 0 Å². The molecule has 4 nitrogen and oxygen atoms in total. The molecular weight excluding hydrogens is 240 g/mol. The average Bonchev–Trinajstić information content (AvgIpc) is 2.32. The smallest absolute Gasteiger partial charge is 0.123 e. The summed E-state index contributed by atoms with van der Waals surface area (Å²) in [5, 5.41) is 3.38. The van der Waals surface area contributed by atoms with Gasteiger partial charge in [0.1, 0.15) is 5.75 Å². The maximum atomic E-state index is 5.87. The number of benzene rings is 1. The largest absolute Gasteiger partial charge is 0.491 e. The number of rotatable bonds is 9. The molecule has 108 valence electrons. The molecule has 0 aliphatic carbocycles. The summed E-state index contributed by atoms with van der Waals surface area (Å²) in [5.74, 6) is 0.817. The number of nitrogen functional groups attached to an aromatic ring is 1. The summed E-state index contributed by atoms with van der Waals surface area (Å²) in [5.41, 5.74) is 7.61. The molecule has 0 atom stereocenters. The lowest BCUT2D eigenvalue weighted by molar-refractivity contribution is 0.192. The van der Waals surface area contributed by atoms with Gasteiger partial charge in [-0.1, -0.05) is 0 Å². The molecular formula is C15H26N2O2. The molecule has 0 amide bonds. The van der Waals surface area contributed by atoms with Crippen molar-refractivity contribution in [2.75, 3.05) is 31.3 Å². The van der Waals surface area contributed by atoms with Crippen LogP contribution in [0.3, 0.4) is 0 Å². The maximum Gasteiger partial charge on any atom is 0.123 e. The van der Waals surface area contributed by atoms with E-state index in [1.54, 1.807) is 7.11 Å². The van der Waals surface area contributed by atoms with Crippen LogP contribution in [0.1, 0.15) is 33.1 Å². The van der Waals surface area contributed by atoms with E-state index in [4.69, 9.17) is 15.2 Å². The van der Waals surface area contributed by atoms with Gasteiger partial charge in [0.05, 0.1) is 6.10 Å². The Morgan fingerprint density at radius 3 is 2.63 bits per heavy atom. The molecule has 1 aromatic rings. The normalized spacial score (nSPS) is 10.7. The first-order valence-electron chi connectivity index (χ1n) is 6.92. The van der Waals surface area contributed by atoms with Crippen LogP contribution in [0.2, 0.25) is 0 Å². The number of anilines is 2. The quantitative estimate of drug-likeness (QED) is 0.532. The molecule has 0 saturated heterocycles. The molecule has 4 heteroatoms. The Bertz CT molecular complexity index is 367. The number of methoxy groups -OCH3 is 1. The fourth-order valence-corrected chi connectivity index (χ4v) is 1.85. The van der Waals surface area contributed by atoms with Crippen LogP contribution < -0.4 is 15.8 Å². The summed E-state index contributed by atoms with van der Waals surface area (Å²) in [6.07, 6.45) is 3.55. The zero-order chi connectivity index (χ0) is 14.1. The van der Waals surface area contributed by atoms with E-state index in [1.165, 1.54) is 6.42 Å². The minimum absolute atomic E-state index is 0.156. The Balaban J connectivity index is 2.38. The van der Waals surface area contributed by atoms with E-state index in [0.29, 0.717) is 0 Å². The molecule has 19 heavy (non-hydrogen) atoms. The lowest BCUT2D eigenvalue weighted by atomic mass is 10.2. The highest BCUT2D eigenvalue weighted by Crippen LogP contribution is 2.23. The Kier molecular flexibility index (Phi) is 7.11. The van der Waals surface area contributed by atoms with E-state index in [0.717, 1.165) is 43.1 Å². The van der Waals surface area contributed by atoms with E-state index >= 15 is 0 Å². The second-order valence-corrected chi connectivity index (χ2v) is 4.94. The van der Waals surface area contributed by atoms with Crippen LogP contribution in [0.5, 0.6) is 5.75 Å². The second kappa shape index (κ2) is 8.64. The topological polar surface area (TPSA) is 56.5 Å². The van der Waals surface area contributed by atoms with Gasteiger partial charge in [0.15, 0.2) is 0 Å². The third-order valence-corrected chi connectivity index (χ3v) is 2.66. The van der Waals surface area contributed by atoms with Gasteiger partial charge in [-0.15, -0.1) is 0 Å². The molecule has 0 aromatic heterocycles. The first kappa shape index (κ1) is 15.6. The maximum absolute atomic E-state index is 5.87. The number of hydrogen-bond donors (Lipinski definition) is 2. The van der Waals surface area contributed by atoms with Crippen LogP contribution in [0.25, 0.3) is 0 Å². The van der Waals surface area contributed by atoms with Crippen molar-refractivity contribution < 1.29 is 9.47 Å². The molecule has 3 N–H and O–H groups in total. The molecule has 1 aromatic carbocycles. The van der Waals surface area contributed by atoms with Gasteiger partial charge < -0.3 is 20.5 Å². The van der Waals surface area contributed by atoms with Crippen LogP contribution in [0.15, 0.2) is 18.2 Å². The van der Waals surface area contributed by atoms with Gasteiger partial charge in [0, 0.05) is 43.8 Å². The highest BCUT2D eigenvalue weighted by molar-refractivity contribution is 5.59. The summed E-state index contributed by atoms with van der Waals surface area (Å²) in [7, 11) is 1.74. The number of ether oxygens (including phenoxy) is 2.